The topological polar surface area (TPSA) is 83.6 Å². The maximum atomic E-state index is 12.2. The highest BCUT2D eigenvalue weighted by molar-refractivity contribution is 5.98. The Hall–Kier alpha value is -1.99. The van der Waals surface area contributed by atoms with E-state index in [1.165, 1.54) is 6.20 Å². The summed E-state index contributed by atoms with van der Waals surface area (Å²) in [6.45, 7) is 7.39. The van der Waals surface area contributed by atoms with Gasteiger partial charge >= 0.3 is 0 Å². The number of carbonyl (C=O) groups excluding carboxylic acids is 2. The molecule has 1 aromatic rings. The molecule has 2 N–H and O–H groups in total. The first-order valence-corrected chi connectivity index (χ1v) is 9.03. The first kappa shape index (κ1) is 19.3. The molecule has 7 nitrogen and oxygen atoms in total. The quantitative estimate of drug-likeness (QED) is 0.652. The number of amides is 2. The molecule has 25 heavy (non-hydrogen) atoms. The van der Waals surface area contributed by atoms with Crippen LogP contribution >= 0.6 is 0 Å². The van der Waals surface area contributed by atoms with Crippen LogP contribution in [0.2, 0.25) is 0 Å². The molecule has 0 radical (unpaired) electrons. The van der Waals surface area contributed by atoms with Gasteiger partial charge in [-0.05, 0) is 18.6 Å². The highest BCUT2D eigenvalue weighted by Crippen LogP contribution is 2.03. The first-order valence-electron chi connectivity index (χ1n) is 9.03. The second kappa shape index (κ2) is 10.8. The number of nitrogens with one attached hydrogen (secondary N) is 2. The van der Waals surface area contributed by atoms with Gasteiger partial charge in [-0.3, -0.25) is 19.5 Å². The second-order valence-electron chi connectivity index (χ2n) is 6.10. The Bertz CT molecular complexity index is 559. The van der Waals surface area contributed by atoms with Gasteiger partial charge in [-0.25, -0.2) is 0 Å². The summed E-state index contributed by atoms with van der Waals surface area (Å²) in [6, 6.07) is 3.16. The zero-order valence-corrected chi connectivity index (χ0v) is 14.9. The van der Waals surface area contributed by atoms with Crippen molar-refractivity contribution in [2.45, 2.75) is 26.2 Å². The molecule has 0 aliphatic carbocycles. The van der Waals surface area contributed by atoms with Crippen LogP contribution in [-0.2, 0) is 4.74 Å². The largest absolute Gasteiger partial charge is 0.379 e. The molecule has 0 aromatic carbocycles. The average molecular weight is 348 g/mol. The molecule has 7 heteroatoms. The smallest absolute Gasteiger partial charge is 0.269 e. The molecule has 0 spiro atoms. The first-order chi connectivity index (χ1) is 12.2. The van der Waals surface area contributed by atoms with Gasteiger partial charge in [-0.2, -0.15) is 0 Å². The minimum atomic E-state index is -0.237. The number of ether oxygens (including phenoxy) is 1. The fourth-order valence-corrected chi connectivity index (χ4v) is 2.62. The van der Waals surface area contributed by atoms with Crippen LogP contribution < -0.4 is 10.6 Å². The molecule has 1 fully saturated rings. The highest BCUT2D eigenvalue weighted by atomic mass is 16.5. The molecule has 2 heterocycles. The lowest BCUT2D eigenvalue weighted by Crippen LogP contribution is -2.41. The van der Waals surface area contributed by atoms with Crippen molar-refractivity contribution >= 4 is 11.8 Å². The van der Waals surface area contributed by atoms with Crippen molar-refractivity contribution < 1.29 is 14.3 Å². The van der Waals surface area contributed by atoms with Crippen molar-refractivity contribution in [1.82, 2.24) is 20.5 Å². The number of morpholine rings is 1. The van der Waals surface area contributed by atoms with Gasteiger partial charge in [-0.15, -0.1) is 0 Å². The molecule has 138 valence electrons. The molecule has 0 unspecified atom stereocenters. The van der Waals surface area contributed by atoms with Crippen molar-refractivity contribution in [1.29, 1.82) is 0 Å². The normalized spacial score (nSPS) is 14.9. The van der Waals surface area contributed by atoms with Crippen molar-refractivity contribution in [3.8, 4) is 0 Å². The van der Waals surface area contributed by atoms with Gasteiger partial charge < -0.3 is 15.4 Å². The molecule has 0 bridgehead atoms. The number of aromatic nitrogens is 1. The summed E-state index contributed by atoms with van der Waals surface area (Å²) in [5, 5.41) is 5.73. The van der Waals surface area contributed by atoms with Crippen LogP contribution in [0.25, 0.3) is 0 Å². The summed E-state index contributed by atoms with van der Waals surface area (Å²) in [5.41, 5.74) is 0.730. The van der Waals surface area contributed by atoms with Crippen molar-refractivity contribution in [2.75, 3.05) is 45.9 Å². The Labute approximate surface area is 149 Å². The van der Waals surface area contributed by atoms with E-state index in [1.54, 1.807) is 12.1 Å². The minimum absolute atomic E-state index is 0.185. The second-order valence-corrected chi connectivity index (χ2v) is 6.10. The summed E-state index contributed by atoms with van der Waals surface area (Å²) in [6.07, 6.45) is 4.63. The van der Waals surface area contributed by atoms with E-state index in [1.807, 2.05) is 0 Å². The number of carbonyl (C=O) groups is 2. The monoisotopic (exact) mass is 348 g/mol. The summed E-state index contributed by atoms with van der Waals surface area (Å²) in [7, 11) is 0. The van der Waals surface area contributed by atoms with Gasteiger partial charge in [0.25, 0.3) is 11.8 Å². The van der Waals surface area contributed by atoms with Crippen LogP contribution in [0.3, 0.4) is 0 Å². The van der Waals surface area contributed by atoms with E-state index in [9.17, 15) is 9.59 Å². The Morgan fingerprint density at radius 1 is 1.16 bits per heavy atom. The van der Waals surface area contributed by atoms with Crippen LogP contribution in [0.4, 0.5) is 0 Å². The van der Waals surface area contributed by atoms with Crippen molar-refractivity contribution in [2.24, 2.45) is 0 Å². The third kappa shape index (κ3) is 6.80. The molecule has 0 saturated carbocycles. The van der Waals surface area contributed by atoms with E-state index in [0.29, 0.717) is 18.7 Å². The molecular formula is C18H28N4O3. The summed E-state index contributed by atoms with van der Waals surface area (Å²) in [5.74, 6) is -0.422. The van der Waals surface area contributed by atoms with Gasteiger partial charge in [0.05, 0.1) is 13.2 Å². The number of pyridine rings is 1. The standard InChI is InChI=1S/C18H28N4O3/c1-2-3-4-6-20-18(24)16-14-15(5-7-19-16)17(23)21-8-9-22-10-12-25-13-11-22/h5,7,14H,2-4,6,8-13H2,1H3,(H,20,24)(H,21,23). The van der Waals surface area contributed by atoms with Crippen LogP contribution in [0.5, 0.6) is 0 Å². The third-order valence-corrected chi connectivity index (χ3v) is 4.14. The Balaban J connectivity index is 1.78. The molecule has 1 saturated heterocycles. The molecular weight excluding hydrogens is 320 g/mol. The van der Waals surface area contributed by atoms with Gasteiger partial charge in [0, 0.05) is 44.5 Å². The predicted octanol–water partition coefficient (Wildman–Crippen LogP) is 1.06. The fourth-order valence-electron chi connectivity index (χ4n) is 2.62. The van der Waals surface area contributed by atoms with Crippen LogP contribution in [-0.4, -0.2) is 67.6 Å². The number of nitrogens with zero attached hydrogens (tertiary/aromatic N) is 2. The Kier molecular flexibility index (Phi) is 8.34. The number of unbranched alkanes of at least 4 members (excludes halogenated alkanes) is 2. The van der Waals surface area contributed by atoms with Crippen molar-refractivity contribution in [3.63, 3.8) is 0 Å². The number of hydrogen-bond donors (Lipinski definition) is 2. The van der Waals surface area contributed by atoms with Gasteiger partial charge in [-0.1, -0.05) is 19.8 Å². The summed E-state index contributed by atoms with van der Waals surface area (Å²) >= 11 is 0. The number of rotatable bonds is 9. The maximum absolute atomic E-state index is 12.2. The highest BCUT2D eigenvalue weighted by Gasteiger charge is 2.13. The third-order valence-electron chi connectivity index (χ3n) is 4.14. The van der Waals surface area contributed by atoms with E-state index < -0.39 is 0 Å². The lowest BCUT2D eigenvalue weighted by Gasteiger charge is -2.26. The van der Waals surface area contributed by atoms with Crippen LogP contribution in [0, 0.1) is 0 Å². The average Bonchev–Trinajstić information content (AvgIpc) is 2.66. The molecule has 1 aliphatic rings. The maximum Gasteiger partial charge on any atom is 0.269 e. The Morgan fingerprint density at radius 2 is 1.92 bits per heavy atom. The molecule has 1 aromatic heterocycles. The lowest BCUT2D eigenvalue weighted by atomic mass is 10.2. The zero-order valence-electron chi connectivity index (χ0n) is 14.9. The van der Waals surface area contributed by atoms with Crippen LogP contribution in [0.1, 0.15) is 47.0 Å². The van der Waals surface area contributed by atoms with E-state index >= 15 is 0 Å². The number of hydrogen-bond acceptors (Lipinski definition) is 5. The summed E-state index contributed by atoms with van der Waals surface area (Å²) in [4.78, 5) is 30.6. The van der Waals surface area contributed by atoms with E-state index in [2.05, 4.69) is 27.4 Å². The molecule has 0 atom stereocenters. The van der Waals surface area contributed by atoms with Gasteiger partial charge in [0.1, 0.15) is 5.69 Å². The molecule has 1 aliphatic heterocycles. The van der Waals surface area contributed by atoms with Gasteiger partial charge in [0.15, 0.2) is 0 Å². The Morgan fingerprint density at radius 3 is 2.68 bits per heavy atom. The molecule has 2 amide bonds. The predicted molar refractivity (Wildman–Crippen MR) is 95.7 cm³/mol. The summed E-state index contributed by atoms with van der Waals surface area (Å²) < 4.78 is 5.30. The SMILES string of the molecule is CCCCCNC(=O)c1cc(C(=O)NCCN2CCOCC2)ccn1. The van der Waals surface area contributed by atoms with Crippen LogP contribution in [0.15, 0.2) is 18.3 Å². The van der Waals surface area contributed by atoms with E-state index in [4.69, 9.17) is 4.74 Å². The lowest BCUT2D eigenvalue weighted by molar-refractivity contribution is 0.0383. The minimum Gasteiger partial charge on any atom is -0.379 e. The van der Waals surface area contributed by atoms with Crippen molar-refractivity contribution in [3.05, 3.63) is 29.6 Å². The fraction of sp³-hybridized carbons (Fsp3) is 0.611. The molecule has 2 rings (SSSR count). The van der Waals surface area contributed by atoms with Gasteiger partial charge in [0.2, 0.25) is 0 Å². The van der Waals surface area contributed by atoms with E-state index in [0.717, 1.165) is 52.1 Å². The van der Waals surface area contributed by atoms with E-state index in [-0.39, 0.29) is 17.5 Å². The zero-order chi connectivity index (χ0) is 17.9.